The van der Waals surface area contributed by atoms with Crippen molar-refractivity contribution in [1.82, 2.24) is 9.55 Å². The minimum absolute atomic E-state index is 0.0753. The van der Waals surface area contributed by atoms with Gasteiger partial charge in [-0.2, -0.15) is 0 Å². The van der Waals surface area contributed by atoms with E-state index >= 15 is 0 Å². The van der Waals surface area contributed by atoms with Crippen LogP contribution in [0.4, 0.5) is 0 Å². The number of rotatable bonds is 4. The number of benzene rings is 3. The van der Waals surface area contributed by atoms with Crippen LogP contribution in [-0.4, -0.2) is 9.55 Å². The Balaban J connectivity index is 1.95. The highest BCUT2D eigenvalue weighted by molar-refractivity contribution is 6.30. The second kappa shape index (κ2) is 7.35. The van der Waals surface area contributed by atoms with E-state index < -0.39 is 0 Å². The van der Waals surface area contributed by atoms with Gasteiger partial charge in [-0.1, -0.05) is 60.1 Å². The number of aromatic nitrogens is 2. The summed E-state index contributed by atoms with van der Waals surface area (Å²) in [6.45, 7) is 0.867. The number of halogens is 1. The smallest absolute Gasteiger partial charge is 0.261 e. The van der Waals surface area contributed by atoms with E-state index in [2.05, 4.69) is 0 Å². The maximum Gasteiger partial charge on any atom is 0.261 e. The molecule has 3 aromatic carbocycles. The molecule has 4 aromatic rings. The third-order valence-electron chi connectivity index (χ3n) is 4.51. The Morgan fingerprint density at radius 3 is 2.52 bits per heavy atom. The average molecular weight is 376 g/mol. The van der Waals surface area contributed by atoms with Crippen LogP contribution in [0.3, 0.4) is 0 Å². The van der Waals surface area contributed by atoms with Crippen LogP contribution in [0.25, 0.3) is 22.3 Å². The fourth-order valence-corrected chi connectivity index (χ4v) is 3.39. The molecule has 0 spiro atoms. The van der Waals surface area contributed by atoms with E-state index in [4.69, 9.17) is 22.3 Å². The summed E-state index contributed by atoms with van der Waals surface area (Å²) in [5, 5.41) is 1.20. The summed E-state index contributed by atoms with van der Waals surface area (Å²) >= 11 is 6.18. The monoisotopic (exact) mass is 375 g/mol. The zero-order valence-corrected chi connectivity index (χ0v) is 15.4. The molecule has 2 N–H and O–H groups in total. The quantitative estimate of drug-likeness (QED) is 0.580. The Kier molecular flexibility index (Phi) is 4.75. The molecule has 0 radical (unpaired) electrons. The normalized spacial score (nSPS) is 11.0. The summed E-state index contributed by atoms with van der Waals surface area (Å²) < 4.78 is 1.70. The Bertz CT molecular complexity index is 1180. The molecule has 134 valence electrons. The van der Waals surface area contributed by atoms with Crippen LogP contribution in [0, 0.1) is 0 Å². The molecule has 0 aliphatic carbocycles. The summed E-state index contributed by atoms with van der Waals surface area (Å²) in [6, 6.07) is 22.7. The van der Waals surface area contributed by atoms with Crippen molar-refractivity contribution in [2.75, 3.05) is 0 Å². The van der Waals surface area contributed by atoms with Crippen LogP contribution >= 0.6 is 11.6 Å². The van der Waals surface area contributed by atoms with E-state index in [0.29, 0.717) is 34.8 Å². The van der Waals surface area contributed by atoms with E-state index in [9.17, 15) is 4.79 Å². The first kappa shape index (κ1) is 17.5. The van der Waals surface area contributed by atoms with Gasteiger partial charge in [0.05, 0.1) is 17.4 Å². The lowest BCUT2D eigenvalue weighted by molar-refractivity contribution is 0.758. The van der Waals surface area contributed by atoms with Gasteiger partial charge in [-0.05, 0) is 35.4 Å². The van der Waals surface area contributed by atoms with E-state index in [1.807, 2.05) is 60.7 Å². The summed E-state index contributed by atoms with van der Waals surface area (Å²) in [5.74, 6) is 0.597. The van der Waals surface area contributed by atoms with Crippen molar-refractivity contribution in [3.8, 4) is 11.4 Å². The van der Waals surface area contributed by atoms with Gasteiger partial charge in [-0.3, -0.25) is 9.36 Å². The van der Waals surface area contributed by atoms with Gasteiger partial charge in [0.1, 0.15) is 5.82 Å². The van der Waals surface area contributed by atoms with Gasteiger partial charge >= 0.3 is 0 Å². The number of fused-ring (bicyclic) bond motifs is 1. The Hall–Kier alpha value is -2.95. The van der Waals surface area contributed by atoms with Crippen molar-refractivity contribution in [2.24, 2.45) is 5.73 Å². The van der Waals surface area contributed by atoms with Crippen molar-refractivity contribution in [3.63, 3.8) is 0 Å². The van der Waals surface area contributed by atoms with Crippen molar-refractivity contribution in [1.29, 1.82) is 0 Å². The van der Waals surface area contributed by atoms with Gasteiger partial charge < -0.3 is 5.73 Å². The maximum absolute atomic E-state index is 13.2. The third-order valence-corrected chi connectivity index (χ3v) is 4.75. The molecule has 0 aliphatic heterocycles. The molecule has 5 heteroatoms. The van der Waals surface area contributed by atoms with Gasteiger partial charge in [0.15, 0.2) is 0 Å². The standard InChI is InChI=1S/C22H18ClN3O/c23-18-8-4-7-17(12-18)21-25-20-10-2-1-9-19(20)22(27)26(21)14-16-6-3-5-15(11-16)13-24/h1-12H,13-14,24H2. The fraction of sp³-hybridized carbons (Fsp3) is 0.0909. The Morgan fingerprint density at radius 1 is 0.926 bits per heavy atom. The molecule has 0 bridgehead atoms. The maximum atomic E-state index is 13.2. The van der Waals surface area contributed by atoms with Gasteiger partial charge in [0, 0.05) is 17.1 Å². The van der Waals surface area contributed by atoms with Gasteiger partial charge in [-0.15, -0.1) is 0 Å². The molecule has 0 amide bonds. The Morgan fingerprint density at radius 2 is 1.70 bits per heavy atom. The highest BCUT2D eigenvalue weighted by atomic mass is 35.5. The van der Waals surface area contributed by atoms with E-state index in [1.54, 1.807) is 16.7 Å². The zero-order valence-electron chi connectivity index (χ0n) is 14.6. The Labute approximate surface area is 161 Å². The molecule has 4 nitrogen and oxygen atoms in total. The number of nitrogens with two attached hydrogens (primary N) is 1. The lowest BCUT2D eigenvalue weighted by Gasteiger charge is -2.14. The number of hydrogen-bond acceptors (Lipinski definition) is 3. The van der Waals surface area contributed by atoms with Crippen LogP contribution in [0.1, 0.15) is 11.1 Å². The van der Waals surface area contributed by atoms with E-state index in [-0.39, 0.29) is 5.56 Å². The first-order valence-corrected chi connectivity index (χ1v) is 9.07. The molecular weight excluding hydrogens is 358 g/mol. The second-order valence-electron chi connectivity index (χ2n) is 6.38. The largest absolute Gasteiger partial charge is 0.326 e. The highest BCUT2D eigenvalue weighted by Gasteiger charge is 2.13. The first-order valence-electron chi connectivity index (χ1n) is 8.69. The van der Waals surface area contributed by atoms with Crippen LogP contribution in [-0.2, 0) is 13.1 Å². The predicted octanol–water partition coefficient (Wildman–Crippen LogP) is 4.22. The van der Waals surface area contributed by atoms with Crippen molar-refractivity contribution in [2.45, 2.75) is 13.1 Å². The van der Waals surface area contributed by atoms with Crippen molar-refractivity contribution in [3.05, 3.63) is 99.3 Å². The average Bonchev–Trinajstić information content (AvgIpc) is 2.70. The number of hydrogen-bond donors (Lipinski definition) is 1. The molecule has 0 atom stereocenters. The minimum atomic E-state index is -0.0753. The summed E-state index contributed by atoms with van der Waals surface area (Å²) in [4.78, 5) is 18.0. The highest BCUT2D eigenvalue weighted by Crippen LogP contribution is 2.23. The number of nitrogens with zero attached hydrogens (tertiary/aromatic N) is 2. The zero-order chi connectivity index (χ0) is 18.8. The first-order chi connectivity index (χ1) is 13.2. The van der Waals surface area contributed by atoms with Crippen molar-refractivity contribution >= 4 is 22.5 Å². The molecule has 27 heavy (non-hydrogen) atoms. The molecule has 4 rings (SSSR count). The molecule has 1 aromatic heterocycles. The fourth-order valence-electron chi connectivity index (χ4n) is 3.20. The van der Waals surface area contributed by atoms with E-state index in [1.165, 1.54) is 0 Å². The topological polar surface area (TPSA) is 60.9 Å². The van der Waals surface area contributed by atoms with Crippen LogP contribution in [0.2, 0.25) is 5.02 Å². The van der Waals surface area contributed by atoms with Crippen LogP contribution in [0.5, 0.6) is 0 Å². The van der Waals surface area contributed by atoms with Crippen molar-refractivity contribution < 1.29 is 0 Å². The van der Waals surface area contributed by atoms with Gasteiger partial charge in [-0.25, -0.2) is 4.98 Å². The minimum Gasteiger partial charge on any atom is -0.326 e. The second-order valence-corrected chi connectivity index (χ2v) is 6.81. The number of para-hydroxylation sites is 1. The summed E-state index contributed by atoms with van der Waals surface area (Å²) in [5.41, 5.74) is 9.19. The molecule has 0 fully saturated rings. The molecule has 0 aliphatic rings. The predicted molar refractivity (Wildman–Crippen MR) is 110 cm³/mol. The summed E-state index contributed by atoms with van der Waals surface area (Å²) in [7, 11) is 0. The third kappa shape index (κ3) is 3.50. The van der Waals surface area contributed by atoms with Crippen LogP contribution < -0.4 is 11.3 Å². The molecule has 0 saturated heterocycles. The van der Waals surface area contributed by atoms with Gasteiger partial charge in [0.2, 0.25) is 0 Å². The van der Waals surface area contributed by atoms with Gasteiger partial charge in [0.25, 0.3) is 5.56 Å². The van der Waals surface area contributed by atoms with E-state index in [0.717, 1.165) is 16.7 Å². The SMILES string of the molecule is NCc1cccc(Cn2c(-c3cccc(Cl)c3)nc3ccccc3c2=O)c1. The van der Waals surface area contributed by atoms with Crippen LogP contribution in [0.15, 0.2) is 77.6 Å². The lowest BCUT2D eigenvalue weighted by atomic mass is 10.1. The summed E-state index contributed by atoms with van der Waals surface area (Å²) in [6.07, 6.45) is 0. The molecule has 0 unspecified atom stereocenters. The molecule has 0 saturated carbocycles. The molecule has 1 heterocycles. The lowest BCUT2D eigenvalue weighted by Crippen LogP contribution is -2.24. The molecular formula is C22H18ClN3O.